The summed E-state index contributed by atoms with van der Waals surface area (Å²) in [7, 11) is 2.32. The molecule has 2 heteroatoms. The number of hydrogen-bond acceptors (Lipinski definition) is 1. The van der Waals surface area contributed by atoms with Gasteiger partial charge in [0.15, 0.2) is 0 Å². The standard InChI is InChI=1S/C13H24NO/c1-3-4-5-6-7-8-9-14(2)10-12-15-13-11-14/h3,7-8H,1,4-6,9-13H2,2H3/q+1. The van der Waals surface area contributed by atoms with Crippen LogP contribution in [0.1, 0.15) is 19.3 Å². The normalized spacial score (nSPS) is 20.6. The molecule has 0 bridgehead atoms. The number of morpholine rings is 1. The molecule has 0 radical (unpaired) electrons. The molecule has 0 saturated carbocycles. The first-order chi connectivity index (χ1) is 7.27. The Kier molecular flexibility index (Phi) is 5.66. The average Bonchev–Trinajstić information content (AvgIpc) is 2.24. The largest absolute Gasteiger partial charge is 0.370 e. The van der Waals surface area contributed by atoms with Gasteiger partial charge in [0, 0.05) is 0 Å². The minimum atomic E-state index is 0.917. The topological polar surface area (TPSA) is 9.23 Å². The molecule has 0 aromatic heterocycles. The zero-order valence-electron chi connectivity index (χ0n) is 9.95. The van der Waals surface area contributed by atoms with E-state index in [2.05, 4.69) is 25.8 Å². The summed E-state index contributed by atoms with van der Waals surface area (Å²) in [4.78, 5) is 0. The van der Waals surface area contributed by atoms with Crippen LogP contribution in [0.5, 0.6) is 0 Å². The van der Waals surface area contributed by atoms with Gasteiger partial charge in [0.1, 0.15) is 13.1 Å². The van der Waals surface area contributed by atoms with Crippen LogP contribution in [-0.2, 0) is 4.74 Å². The van der Waals surface area contributed by atoms with Gasteiger partial charge in [-0.3, -0.25) is 0 Å². The van der Waals surface area contributed by atoms with Gasteiger partial charge in [-0.2, -0.15) is 0 Å². The molecule has 0 aliphatic carbocycles. The van der Waals surface area contributed by atoms with Crippen LogP contribution < -0.4 is 0 Å². The van der Waals surface area contributed by atoms with Crippen molar-refractivity contribution in [1.29, 1.82) is 0 Å². The molecule has 86 valence electrons. The molecule has 0 unspecified atom stereocenters. The van der Waals surface area contributed by atoms with E-state index in [0.29, 0.717) is 0 Å². The molecule has 2 nitrogen and oxygen atoms in total. The molecule has 0 N–H and O–H groups in total. The number of rotatable bonds is 6. The molecule has 15 heavy (non-hydrogen) atoms. The van der Waals surface area contributed by atoms with Gasteiger partial charge in [-0.05, 0) is 25.3 Å². The Bertz CT molecular complexity index is 205. The molecule has 1 heterocycles. The number of unbranched alkanes of at least 4 members (excludes halogenated alkanes) is 2. The second kappa shape index (κ2) is 6.81. The van der Waals surface area contributed by atoms with Gasteiger partial charge in [0.25, 0.3) is 0 Å². The second-order valence-corrected chi connectivity index (χ2v) is 4.55. The number of likely N-dealkylation sites (N-methyl/N-ethyl adjacent to an activating group) is 1. The highest BCUT2D eigenvalue weighted by molar-refractivity contribution is 4.82. The number of nitrogens with zero attached hydrogens (tertiary/aromatic N) is 1. The number of quaternary nitrogens is 1. The summed E-state index contributed by atoms with van der Waals surface area (Å²) in [5, 5.41) is 0. The van der Waals surface area contributed by atoms with Crippen molar-refractivity contribution in [2.45, 2.75) is 19.3 Å². The van der Waals surface area contributed by atoms with E-state index in [0.717, 1.165) is 43.8 Å². The Hall–Kier alpha value is -0.600. The third kappa shape index (κ3) is 5.14. The molecule has 0 amide bonds. The van der Waals surface area contributed by atoms with Crippen molar-refractivity contribution in [3.05, 3.63) is 24.8 Å². The van der Waals surface area contributed by atoms with Crippen LogP contribution in [0.4, 0.5) is 0 Å². The van der Waals surface area contributed by atoms with Gasteiger partial charge in [0.05, 0.1) is 26.8 Å². The summed E-state index contributed by atoms with van der Waals surface area (Å²) in [5.74, 6) is 0. The number of hydrogen-bond donors (Lipinski definition) is 0. The van der Waals surface area contributed by atoms with Gasteiger partial charge >= 0.3 is 0 Å². The lowest BCUT2D eigenvalue weighted by Gasteiger charge is -2.36. The predicted molar refractivity (Wildman–Crippen MR) is 64.8 cm³/mol. The van der Waals surface area contributed by atoms with Crippen LogP contribution in [0.3, 0.4) is 0 Å². The summed E-state index contributed by atoms with van der Waals surface area (Å²) in [6.45, 7) is 9.01. The van der Waals surface area contributed by atoms with Crippen molar-refractivity contribution < 1.29 is 9.22 Å². The Morgan fingerprint density at radius 1 is 1.20 bits per heavy atom. The van der Waals surface area contributed by atoms with Gasteiger partial charge in [-0.15, -0.1) is 6.58 Å². The third-order valence-corrected chi connectivity index (χ3v) is 3.04. The van der Waals surface area contributed by atoms with E-state index < -0.39 is 0 Å². The van der Waals surface area contributed by atoms with Crippen LogP contribution in [0.15, 0.2) is 24.8 Å². The molecule has 0 atom stereocenters. The monoisotopic (exact) mass is 210 g/mol. The zero-order valence-corrected chi connectivity index (χ0v) is 9.95. The van der Waals surface area contributed by atoms with Crippen LogP contribution in [0.2, 0.25) is 0 Å². The van der Waals surface area contributed by atoms with E-state index in [1.165, 1.54) is 12.8 Å². The van der Waals surface area contributed by atoms with Crippen molar-refractivity contribution in [3.8, 4) is 0 Å². The lowest BCUT2D eigenvalue weighted by Crippen LogP contribution is -2.51. The smallest absolute Gasteiger partial charge is 0.102 e. The van der Waals surface area contributed by atoms with Gasteiger partial charge in [0.2, 0.25) is 0 Å². The van der Waals surface area contributed by atoms with E-state index in [-0.39, 0.29) is 0 Å². The van der Waals surface area contributed by atoms with E-state index in [4.69, 9.17) is 4.74 Å². The first kappa shape index (κ1) is 12.5. The van der Waals surface area contributed by atoms with Crippen LogP contribution in [0.25, 0.3) is 0 Å². The van der Waals surface area contributed by atoms with Crippen LogP contribution in [-0.4, -0.2) is 44.4 Å². The van der Waals surface area contributed by atoms with Crippen LogP contribution >= 0.6 is 0 Å². The molecule has 1 aliphatic rings. The zero-order chi connectivity index (χ0) is 11.0. The molecule has 1 aliphatic heterocycles. The average molecular weight is 210 g/mol. The van der Waals surface area contributed by atoms with E-state index in [1.807, 2.05) is 6.08 Å². The Morgan fingerprint density at radius 2 is 1.93 bits per heavy atom. The Morgan fingerprint density at radius 3 is 2.60 bits per heavy atom. The highest BCUT2D eigenvalue weighted by Crippen LogP contribution is 2.07. The minimum absolute atomic E-state index is 0.917. The lowest BCUT2D eigenvalue weighted by molar-refractivity contribution is -0.911. The van der Waals surface area contributed by atoms with Crippen molar-refractivity contribution in [2.75, 3.05) is 39.9 Å². The lowest BCUT2D eigenvalue weighted by atomic mass is 10.2. The van der Waals surface area contributed by atoms with Gasteiger partial charge in [-0.25, -0.2) is 0 Å². The molecular formula is C13H24NO+. The summed E-state index contributed by atoms with van der Waals surface area (Å²) in [6.07, 6.45) is 10.2. The number of allylic oxidation sites excluding steroid dienone is 2. The summed E-state index contributed by atoms with van der Waals surface area (Å²) in [5.41, 5.74) is 0. The Balaban J connectivity index is 2.14. The molecule has 1 rings (SSSR count). The Labute approximate surface area is 93.8 Å². The highest BCUT2D eigenvalue weighted by atomic mass is 16.5. The fourth-order valence-corrected chi connectivity index (χ4v) is 1.79. The summed E-state index contributed by atoms with van der Waals surface area (Å²) < 4.78 is 6.51. The first-order valence-electron chi connectivity index (χ1n) is 5.94. The molecule has 1 saturated heterocycles. The van der Waals surface area contributed by atoms with E-state index in [1.54, 1.807) is 0 Å². The maximum Gasteiger partial charge on any atom is 0.102 e. The molecule has 1 fully saturated rings. The fourth-order valence-electron chi connectivity index (χ4n) is 1.79. The third-order valence-electron chi connectivity index (χ3n) is 3.04. The van der Waals surface area contributed by atoms with Crippen molar-refractivity contribution in [2.24, 2.45) is 0 Å². The van der Waals surface area contributed by atoms with E-state index in [9.17, 15) is 0 Å². The predicted octanol–water partition coefficient (Wildman–Crippen LogP) is 2.38. The molecular weight excluding hydrogens is 186 g/mol. The van der Waals surface area contributed by atoms with Gasteiger partial charge in [-0.1, -0.05) is 12.2 Å². The van der Waals surface area contributed by atoms with Crippen molar-refractivity contribution in [1.82, 2.24) is 0 Å². The van der Waals surface area contributed by atoms with Crippen molar-refractivity contribution >= 4 is 0 Å². The van der Waals surface area contributed by atoms with Crippen LogP contribution in [0, 0.1) is 0 Å². The highest BCUT2D eigenvalue weighted by Gasteiger charge is 2.23. The van der Waals surface area contributed by atoms with Crippen molar-refractivity contribution in [3.63, 3.8) is 0 Å². The quantitative estimate of drug-likeness (QED) is 0.371. The minimum Gasteiger partial charge on any atom is -0.370 e. The SMILES string of the molecule is C=CCCCC=CC[N+]1(C)CCOCC1. The fraction of sp³-hybridized carbons (Fsp3) is 0.692. The van der Waals surface area contributed by atoms with Gasteiger partial charge < -0.3 is 9.22 Å². The van der Waals surface area contributed by atoms with E-state index >= 15 is 0 Å². The second-order valence-electron chi connectivity index (χ2n) is 4.55. The molecule has 0 aromatic carbocycles. The molecule has 0 aromatic rings. The summed E-state index contributed by atoms with van der Waals surface area (Å²) in [6, 6.07) is 0. The maximum atomic E-state index is 5.37. The summed E-state index contributed by atoms with van der Waals surface area (Å²) >= 11 is 0. The molecule has 0 spiro atoms. The first-order valence-corrected chi connectivity index (χ1v) is 5.94. The maximum absolute atomic E-state index is 5.37. The number of ether oxygens (including phenoxy) is 1.